The highest BCUT2D eigenvalue weighted by molar-refractivity contribution is 5.96. The maximum atomic E-state index is 11.7. The summed E-state index contributed by atoms with van der Waals surface area (Å²) in [5.41, 5.74) is 8.18. The van der Waals surface area contributed by atoms with E-state index in [-0.39, 0.29) is 5.91 Å². The van der Waals surface area contributed by atoms with E-state index in [0.29, 0.717) is 23.2 Å². The molecule has 5 heteroatoms. The van der Waals surface area contributed by atoms with Crippen molar-refractivity contribution in [3.05, 3.63) is 23.8 Å². The molecule has 0 bridgehead atoms. The Balaban J connectivity index is 2.14. The van der Waals surface area contributed by atoms with Crippen LogP contribution < -0.4 is 16.4 Å². The van der Waals surface area contributed by atoms with Crippen LogP contribution in [0.3, 0.4) is 0 Å². The summed E-state index contributed by atoms with van der Waals surface area (Å²) in [4.78, 5) is 14.0. The van der Waals surface area contributed by atoms with Gasteiger partial charge in [0.15, 0.2) is 0 Å². The molecule has 5 nitrogen and oxygen atoms in total. The number of benzene rings is 1. The van der Waals surface area contributed by atoms with Gasteiger partial charge in [-0.3, -0.25) is 4.79 Å². The van der Waals surface area contributed by atoms with Gasteiger partial charge in [-0.05, 0) is 44.1 Å². The van der Waals surface area contributed by atoms with E-state index in [1.807, 2.05) is 6.07 Å². The van der Waals surface area contributed by atoms with Crippen LogP contribution in [0.4, 0.5) is 11.4 Å². The minimum absolute atomic E-state index is 0.0931. The Morgan fingerprint density at radius 3 is 2.85 bits per heavy atom. The van der Waals surface area contributed by atoms with Crippen molar-refractivity contribution in [2.24, 2.45) is 5.92 Å². The molecule has 0 aliphatic carbocycles. The van der Waals surface area contributed by atoms with Crippen molar-refractivity contribution < 1.29 is 4.79 Å². The first-order valence-corrected chi connectivity index (χ1v) is 7.08. The second-order valence-electron chi connectivity index (χ2n) is 5.66. The molecular weight excluding hydrogens is 252 g/mol. The molecule has 0 spiro atoms. The summed E-state index contributed by atoms with van der Waals surface area (Å²) in [5, 5.41) is 6.14. The summed E-state index contributed by atoms with van der Waals surface area (Å²) >= 11 is 0. The number of anilines is 2. The van der Waals surface area contributed by atoms with Gasteiger partial charge in [-0.15, -0.1) is 0 Å². The van der Waals surface area contributed by atoms with Gasteiger partial charge in [0.2, 0.25) is 0 Å². The zero-order valence-electron chi connectivity index (χ0n) is 12.4. The molecule has 1 fully saturated rings. The second-order valence-corrected chi connectivity index (χ2v) is 5.66. The quantitative estimate of drug-likeness (QED) is 0.730. The molecule has 1 amide bonds. The van der Waals surface area contributed by atoms with Crippen LogP contribution in [0, 0.1) is 5.92 Å². The minimum atomic E-state index is -0.0931. The first-order valence-electron chi connectivity index (χ1n) is 7.08. The number of piperidine rings is 1. The monoisotopic (exact) mass is 276 g/mol. The van der Waals surface area contributed by atoms with Crippen molar-refractivity contribution in [1.29, 1.82) is 0 Å². The van der Waals surface area contributed by atoms with E-state index in [9.17, 15) is 4.79 Å². The normalized spacial score (nSPS) is 23.4. The molecule has 1 aromatic carbocycles. The predicted octanol–water partition coefficient (Wildman–Crippen LogP) is 1.38. The topological polar surface area (TPSA) is 70.4 Å². The van der Waals surface area contributed by atoms with E-state index in [2.05, 4.69) is 29.5 Å². The summed E-state index contributed by atoms with van der Waals surface area (Å²) in [6.07, 6.45) is 1.08. The first kappa shape index (κ1) is 14.7. The zero-order chi connectivity index (χ0) is 14.7. The van der Waals surface area contributed by atoms with Gasteiger partial charge in [-0.1, -0.05) is 6.92 Å². The van der Waals surface area contributed by atoms with Gasteiger partial charge in [0.05, 0.1) is 11.4 Å². The fourth-order valence-corrected chi connectivity index (χ4v) is 2.74. The van der Waals surface area contributed by atoms with Crippen LogP contribution in [0.15, 0.2) is 18.2 Å². The molecule has 0 radical (unpaired) electrons. The van der Waals surface area contributed by atoms with E-state index in [1.54, 1.807) is 19.2 Å². The number of hydrogen-bond acceptors (Lipinski definition) is 4. The third kappa shape index (κ3) is 3.22. The lowest BCUT2D eigenvalue weighted by molar-refractivity contribution is 0.0963. The minimum Gasteiger partial charge on any atom is -0.397 e. The molecule has 20 heavy (non-hydrogen) atoms. The molecule has 2 unspecified atom stereocenters. The van der Waals surface area contributed by atoms with Gasteiger partial charge in [0, 0.05) is 25.2 Å². The maximum Gasteiger partial charge on any atom is 0.251 e. The fourth-order valence-electron chi connectivity index (χ4n) is 2.74. The third-order valence-corrected chi connectivity index (χ3v) is 3.99. The summed E-state index contributed by atoms with van der Waals surface area (Å²) in [6, 6.07) is 5.76. The Bertz CT molecular complexity index is 489. The molecule has 1 saturated heterocycles. The van der Waals surface area contributed by atoms with E-state index >= 15 is 0 Å². The number of rotatable bonds is 3. The van der Waals surface area contributed by atoms with Crippen LogP contribution in [-0.4, -0.2) is 44.0 Å². The van der Waals surface area contributed by atoms with Gasteiger partial charge in [-0.25, -0.2) is 0 Å². The van der Waals surface area contributed by atoms with Gasteiger partial charge < -0.3 is 21.3 Å². The number of nitrogens with one attached hydrogen (secondary N) is 2. The number of nitrogens with zero attached hydrogens (tertiary/aromatic N) is 1. The van der Waals surface area contributed by atoms with E-state index in [0.717, 1.165) is 25.2 Å². The molecule has 1 aliphatic heterocycles. The highest BCUT2D eigenvalue weighted by atomic mass is 16.1. The highest BCUT2D eigenvalue weighted by Gasteiger charge is 2.24. The number of nitrogens with two attached hydrogens (primary N) is 1. The van der Waals surface area contributed by atoms with Crippen LogP contribution in [0.25, 0.3) is 0 Å². The molecule has 4 N–H and O–H groups in total. The van der Waals surface area contributed by atoms with E-state index in [4.69, 9.17) is 5.73 Å². The average molecular weight is 276 g/mol. The standard InChI is InChI=1S/C15H24N4O/c1-10-9-19(3)7-6-13(10)18-14-8-11(15(20)17-2)4-5-12(14)16/h4-5,8,10,13,18H,6-7,9,16H2,1-3H3,(H,17,20). The van der Waals surface area contributed by atoms with Gasteiger partial charge >= 0.3 is 0 Å². The lowest BCUT2D eigenvalue weighted by atomic mass is 9.93. The molecule has 0 aromatic heterocycles. The lowest BCUT2D eigenvalue weighted by Gasteiger charge is -2.36. The van der Waals surface area contributed by atoms with Crippen LogP contribution >= 0.6 is 0 Å². The van der Waals surface area contributed by atoms with Crippen molar-refractivity contribution in [2.45, 2.75) is 19.4 Å². The maximum absolute atomic E-state index is 11.7. The predicted molar refractivity (Wildman–Crippen MR) is 82.9 cm³/mol. The smallest absolute Gasteiger partial charge is 0.251 e. The Hall–Kier alpha value is -1.75. The molecule has 2 atom stereocenters. The number of carbonyl (C=O) groups is 1. The Labute approximate surface area is 120 Å². The fraction of sp³-hybridized carbons (Fsp3) is 0.533. The van der Waals surface area contributed by atoms with Crippen LogP contribution in [0.2, 0.25) is 0 Å². The van der Waals surface area contributed by atoms with E-state index < -0.39 is 0 Å². The van der Waals surface area contributed by atoms with E-state index in [1.165, 1.54) is 0 Å². The summed E-state index contributed by atoms with van der Waals surface area (Å²) < 4.78 is 0. The van der Waals surface area contributed by atoms with Crippen LogP contribution in [0.1, 0.15) is 23.7 Å². The SMILES string of the molecule is CNC(=O)c1ccc(N)c(NC2CCN(C)CC2C)c1. The molecule has 0 saturated carbocycles. The molecule has 1 aliphatic rings. The van der Waals surface area contributed by atoms with Crippen molar-refractivity contribution in [3.63, 3.8) is 0 Å². The highest BCUT2D eigenvalue weighted by Crippen LogP contribution is 2.25. The van der Waals surface area contributed by atoms with Crippen LogP contribution in [-0.2, 0) is 0 Å². The van der Waals surface area contributed by atoms with Crippen molar-refractivity contribution in [1.82, 2.24) is 10.2 Å². The summed E-state index contributed by atoms with van der Waals surface area (Å²) in [5.74, 6) is 0.460. The number of hydrogen-bond donors (Lipinski definition) is 3. The molecular formula is C15H24N4O. The molecule has 110 valence electrons. The number of amides is 1. The number of nitrogen functional groups attached to an aromatic ring is 1. The first-order chi connectivity index (χ1) is 9.51. The van der Waals surface area contributed by atoms with Crippen molar-refractivity contribution >= 4 is 17.3 Å². The zero-order valence-corrected chi connectivity index (χ0v) is 12.4. The van der Waals surface area contributed by atoms with Crippen LogP contribution in [0.5, 0.6) is 0 Å². The Kier molecular flexibility index (Phi) is 4.49. The summed E-state index contributed by atoms with van der Waals surface area (Å²) in [6.45, 7) is 4.40. The van der Waals surface area contributed by atoms with Gasteiger partial charge in [-0.2, -0.15) is 0 Å². The summed E-state index contributed by atoms with van der Waals surface area (Å²) in [7, 11) is 3.78. The molecule has 2 rings (SSSR count). The average Bonchev–Trinajstić information content (AvgIpc) is 2.43. The Morgan fingerprint density at radius 1 is 1.45 bits per heavy atom. The number of likely N-dealkylation sites (tertiary alicyclic amines) is 1. The van der Waals surface area contributed by atoms with Crippen molar-refractivity contribution in [3.8, 4) is 0 Å². The molecule has 1 heterocycles. The van der Waals surface area contributed by atoms with Gasteiger partial charge in [0.1, 0.15) is 0 Å². The Morgan fingerprint density at radius 2 is 2.20 bits per heavy atom. The lowest BCUT2D eigenvalue weighted by Crippen LogP contribution is -2.43. The number of carbonyl (C=O) groups excluding carboxylic acids is 1. The second kappa shape index (κ2) is 6.13. The molecule has 1 aromatic rings. The largest absolute Gasteiger partial charge is 0.397 e. The van der Waals surface area contributed by atoms with Gasteiger partial charge in [0.25, 0.3) is 5.91 Å². The van der Waals surface area contributed by atoms with Crippen molar-refractivity contribution in [2.75, 3.05) is 38.2 Å². The third-order valence-electron chi connectivity index (χ3n) is 3.99.